The highest BCUT2D eigenvalue weighted by atomic mass is 16.6. The summed E-state index contributed by atoms with van der Waals surface area (Å²) in [5.41, 5.74) is -0.0608. The molecule has 3 heterocycles. The minimum Gasteiger partial charge on any atom is -0.490 e. The van der Waals surface area contributed by atoms with Gasteiger partial charge in [0, 0.05) is 18.1 Å². The highest BCUT2D eigenvalue weighted by Gasteiger charge is 2.52. The number of ether oxygens (including phenoxy) is 2. The van der Waals surface area contributed by atoms with Gasteiger partial charge in [0.05, 0.1) is 24.3 Å². The maximum absolute atomic E-state index is 11.5. The number of nitrogens with zero attached hydrogens (tertiary/aromatic N) is 3. The van der Waals surface area contributed by atoms with Gasteiger partial charge in [0.25, 0.3) is 0 Å². The second-order valence-corrected chi connectivity index (χ2v) is 7.26. The molecule has 0 aliphatic carbocycles. The molecule has 0 bridgehead atoms. The van der Waals surface area contributed by atoms with Gasteiger partial charge in [0.2, 0.25) is 0 Å². The molecule has 2 aliphatic heterocycles. The van der Waals surface area contributed by atoms with Gasteiger partial charge in [-0.15, -0.1) is 0 Å². The van der Waals surface area contributed by atoms with Gasteiger partial charge in [0.1, 0.15) is 17.6 Å². The molecule has 2 aromatic rings. The van der Waals surface area contributed by atoms with E-state index >= 15 is 0 Å². The van der Waals surface area contributed by atoms with E-state index in [9.17, 15) is 10.1 Å². The molecular formula is C19H20N4O3. The second kappa shape index (κ2) is 5.77. The zero-order valence-corrected chi connectivity index (χ0v) is 14.9. The van der Waals surface area contributed by atoms with Gasteiger partial charge < -0.3 is 19.7 Å². The summed E-state index contributed by atoms with van der Waals surface area (Å²) in [5.74, 6) is 1.36. The van der Waals surface area contributed by atoms with Crippen LogP contribution in [-0.2, 0) is 4.74 Å². The molecule has 2 aliphatic rings. The quantitative estimate of drug-likeness (QED) is 0.913. The number of carbonyl (C=O) groups is 1. The summed E-state index contributed by atoms with van der Waals surface area (Å²) in [5, 5.41) is 14.1. The van der Waals surface area contributed by atoms with Crippen LogP contribution in [0.1, 0.15) is 26.3 Å². The number of pyridine rings is 1. The molecule has 1 aromatic heterocycles. The number of amides is 1. The molecule has 26 heavy (non-hydrogen) atoms. The molecular weight excluding hydrogens is 332 g/mol. The van der Waals surface area contributed by atoms with Crippen molar-refractivity contribution in [3.63, 3.8) is 0 Å². The van der Waals surface area contributed by atoms with Crippen molar-refractivity contribution in [2.24, 2.45) is 0 Å². The van der Waals surface area contributed by atoms with Crippen LogP contribution in [0.5, 0.6) is 5.75 Å². The van der Waals surface area contributed by atoms with Gasteiger partial charge in [-0.05, 0) is 44.4 Å². The van der Waals surface area contributed by atoms with Crippen LogP contribution in [0.3, 0.4) is 0 Å². The normalized spacial score (nSPS) is 24.3. The zero-order valence-electron chi connectivity index (χ0n) is 14.9. The number of nitrogens with one attached hydrogen (secondary N) is 1. The van der Waals surface area contributed by atoms with Crippen molar-refractivity contribution in [2.75, 3.05) is 18.0 Å². The number of benzene rings is 1. The van der Waals surface area contributed by atoms with Crippen LogP contribution in [0.4, 0.5) is 10.6 Å². The summed E-state index contributed by atoms with van der Waals surface area (Å²) in [4.78, 5) is 18.2. The van der Waals surface area contributed by atoms with Crippen molar-refractivity contribution in [1.29, 1.82) is 5.26 Å². The largest absolute Gasteiger partial charge is 0.490 e. The maximum atomic E-state index is 11.5. The van der Waals surface area contributed by atoms with E-state index in [-0.39, 0.29) is 18.2 Å². The first-order chi connectivity index (χ1) is 12.4. The molecule has 2 atom stereocenters. The van der Waals surface area contributed by atoms with Crippen molar-refractivity contribution in [3.05, 3.63) is 30.0 Å². The van der Waals surface area contributed by atoms with Crippen LogP contribution in [0.25, 0.3) is 10.8 Å². The predicted molar refractivity (Wildman–Crippen MR) is 96.2 cm³/mol. The van der Waals surface area contributed by atoms with Crippen molar-refractivity contribution in [2.45, 2.75) is 38.5 Å². The standard InChI is InChI=1S/C19H20N4O3/c1-11(2)25-15-7-14-12(6-13(15)8-20)4-5-21-17(14)23-9-16-19(3,10-23)26-18(24)22-16/h4-7,11,16H,9-10H2,1-3H3,(H,22,24). The first-order valence-corrected chi connectivity index (χ1v) is 8.63. The smallest absolute Gasteiger partial charge is 0.408 e. The first-order valence-electron chi connectivity index (χ1n) is 8.63. The van der Waals surface area contributed by atoms with E-state index in [1.807, 2.05) is 39.0 Å². The number of alkyl carbamates (subject to hydrolysis) is 1. The van der Waals surface area contributed by atoms with Crippen molar-refractivity contribution in [1.82, 2.24) is 10.3 Å². The fourth-order valence-corrected chi connectivity index (χ4v) is 3.69. The monoisotopic (exact) mass is 352 g/mol. The van der Waals surface area contributed by atoms with E-state index in [1.54, 1.807) is 6.20 Å². The minimum absolute atomic E-state index is 0.0339. The molecule has 1 N–H and O–H groups in total. The zero-order chi connectivity index (χ0) is 18.5. The lowest BCUT2D eigenvalue weighted by Gasteiger charge is -2.23. The Morgan fingerprint density at radius 3 is 3.00 bits per heavy atom. The average Bonchev–Trinajstić information content (AvgIpc) is 3.02. The Kier molecular flexibility index (Phi) is 3.65. The maximum Gasteiger partial charge on any atom is 0.408 e. The summed E-state index contributed by atoms with van der Waals surface area (Å²) in [6.07, 6.45) is 1.33. The Bertz CT molecular complexity index is 936. The molecule has 0 saturated carbocycles. The number of rotatable bonds is 3. The summed E-state index contributed by atoms with van der Waals surface area (Å²) in [7, 11) is 0. The van der Waals surface area contributed by atoms with Gasteiger partial charge in [-0.25, -0.2) is 9.78 Å². The lowest BCUT2D eigenvalue weighted by Crippen LogP contribution is -2.39. The van der Waals surface area contributed by atoms with E-state index in [0.29, 0.717) is 24.4 Å². The molecule has 2 fully saturated rings. The number of nitriles is 1. The van der Waals surface area contributed by atoms with Gasteiger partial charge in [-0.3, -0.25) is 0 Å². The van der Waals surface area contributed by atoms with Crippen LogP contribution in [0, 0.1) is 11.3 Å². The summed E-state index contributed by atoms with van der Waals surface area (Å²) in [6.45, 7) is 6.97. The van der Waals surface area contributed by atoms with E-state index in [0.717, 1.165) is 16.6 Å². The number of hydrogen-bond donors (Lipinski definition) is 1. The number of aromatic nitrogens is 1. The van der Waals surface area contributed by atoms with E-state index in [1.165, 1.54) is 0 Å². The first kappa shape index (κ1) is 16.5. The molecule has 7 nitrogen and oxygen atoms in total. The Balaban J connectivity index is 1.77. The van der Waals surface area contributed by atoms with Crippen molar-refractivity contribution >= 4 is 22.7 Å². The van der Waals surface area contributed by atoms with E-state index in [4.69, 9.17) is 9.47 Å². The fraction of sp³-hybridized carbons (Fsp3) is 0.421. The van der Waals surface area contributed by atoms with Crippen LogP contribution in [0.15, 0.2) is 24.4 Å². The van der Waals surface area contributed by atoms with Crippen LogP contribution < -0.4 is 15.0 Å². The van der Waals surface area contributed by atoms with Gasteiger partial charge in [-0.2, -0.15) is 5.26 Å². The summed E-state index contributed by atoms with van der Waals surface area (Å²) in [6, 6.07) is 7.72. The molecule has 7 heteroatoms. The van der Waals surface area contributed by atoms with E-state index < -0.39 is 5.60 Å². The Morgan fingerprint density at radius 2 is 2.31 bits per heavy atom. The van der Waals surface area contributed by atoms with Crippen molar-refractivity contribution < 1.29 is 14.3 Å². The van der Waals surface area contributed by atoms with Gasteiger partial charge in [0.15, 0.2) is 5.60 Å². The van der Waals surface area contributed by atoms with Gasteiger partial charge in [-0.1, -0.05) is 0 Å². The predicted octanol–water partition coefficient (Wildman–Crippen LogP) is 2.58. The number of anilines is 1. The third-order valence-electron chi connectivity index (χ3n) is 4.89. The topological polar surface area (TPSA) is 87.5 Å². The van der Waals surface area contributed by atoms with Crippen LogP contribution in [0.2, 0.25) is 0 Å². The molecule has 2 saturated heterocycles. The Morgan fingerprint density at radius 1 is 1.50 bits per heavy atom. The summed E-state index contributed by atoms with van der Waals surface area (Å²) >= 11 is 0. The molecule has 0 radical (unpaired) electrons. The highest BCUT2D eigenvalue weighted by Crippen LogP contribution is 2.37. The summed E-state index contributed by atoms with van der Waals surface area (Å²) < 4.78 is 11.3. The fourth-order valence-electron chi connectivity index (χ4n) is 3.69. The minimum atomic E-state index is -0.565. The van der Waals surface area contributed by atoms with E-state index in [2.05, 4.69) is 21.3 Å². The molecule has 4 rings (SSSR count). The third kappa shape index (κ3) is 2.58. The molecule has 1 aromatic carbocycles. The lowest BCUT2D eigenvalue weighted by molar-refractivity contribution is 0.0761. The molecule has 1 amide bonds. The average molecular weight is 352 g/mol. The highest BCUT2D eigenvalue weighted by molar-refractivity contribution is 5.94. The number of carbonyl (C=O) groups excluding carboxylic acids is 1. The van der Waals surface area contributed by atoms with Crippen molar-refractivity contribution in [3.8, 4) is 11.8 Å². The Hall–Kier alpha value is -3.01. The van der Waals surface area contributed by atoms with Crippen LogP contribution >= 0.6 is 0 Å². The third-order valence-corrected chi connectivity index (χ3v) is 4.89. The number of hydrogen-bond acceptors (Lipinski definition) is 6. The van der Waals surface area contributed by atoms with Crippen LogP contribution in [-0.4, -0.2) is 41.9 Å². The number of fused-ring (bicyclic) bond motifs is 2. The lowest BCUT2D eigenvalue weighted by atomic mass is 10.0. The van der Waals surface area contributed by atoms with Gasteiger partial charge >= 0.3 is 6.09 Å². The molecule has 0 spiro atoms. The molecule has 134 valence electrons. The SMILES string of the molecule is CC(C)Oc1cc2c(N3CC4NC(=O)OC4(C)C3)nccc2cc1C#N. The molecule has 2 unspecified atom stereocenters. The Labute approximate surface area is 151 Å². The second-order valence-electron chi connectivity index (χ2n) is 7.26.